The Kier molecular flexibility index (Phi) is 7.65. The van der Waals surface area contributed by atoms with E-state index < -0.39 is 24.9 Å². The summed E-state index contributed by atoms with van der Waals surface area (Å²) in [5, 5.41) is 0. The number of carbonyl (C=O) groups excluding carboxylic acids is 3. The maximum atomic E-state index is 12.1. The molecule has 0 heterocycles. The van der Waals surface area contributed by atoms with Gasteiger partial charge in [-0.2, -0.15) is 0 Å². The molecule has 0 unspecified atom stereocenters. The SMILES string of the molecule is CCCOC(=O)OCOc1ccccc1C(=O)OOC(=O)c1ccccc1. The maximum absolute atomic E-state index is 12.1. The second kappa shape index (κ2) is 10.4. The lowest BCUT2D eigenvalue weighted by atomic mass is 10.2. The number of benzene rings is 2. The van der Waals surface area contributed by atoms with E-state index in [-0.39, 0.29) is 23.5 Å². The van der Waals surface area contributed by atoms with E-state index in [1.165, 1.54) is 24.3 Å². The van der Waals surface area contributed by atoms with Crippen LogP contribution in [-0.4, -0.2) is 31.5 Å². The molecule has 0 saturated carbocycles. The molecule has 8 heteroatoms. The van der Waals surface area contributed by atoms with Gasteiger partial charge in [-0.3, -0.25) is 0 Å². The average molecular weight is 374 g/mol. The topological polar surface area (TPSA) is 97.4 Å². The van der Waals surface area contributed by atoms with Crippen molar-refractivity contribution in [3.63, 3.8) is 0 Å². The van der Waals surface area contributed by atoms with Crippen LogP contribution in [0.3, 0.4) is 0 Å². The highest BCUT2D eigenvalue weighted by molar-refractivity contribution is 5.94. The standard InChI is InChI=1S/C19H18O8/c1-2-12-23-19(22)25-13-24-16-11-7-6-10-15(16)18(21)27-26-17(20)14-8-4-3-5-9-14/h3-11H,2,12-13H2,1H3. The molecule has 2 aromatic carbocycles. The Morgan fingerprint density at radius 2 is 1.48 bits per heavy atom. The summed E-state index contributed by atoms with van der Waals surface area (Å²) >= 11 is 0. The summed E-state index contributed by atoms with van der Waals surface area (Å²) in [6.45, 7) is 1.61. The van der Waals surface area contributed by atoms with Crippen molar-refractivity contribution >= 4 is 18.1 Å². The zero-order chi connectivity index (χ0) is 19.5. The molecule has 0 aromatic heterocycles. The molecule has 0 spiro atoms. The average Bonchev–Trinajstić information content (AvgIpc) is 2.71. The highest BCUT2D eigenvalue weighted by atomic mass is 17.2. The number of carbonyl (C=O) groups is 3. The lowest BCUT2D eigenvalue weighted by Gasteiger charge is -2.10. The third-order valence-corrected chi connectivity index (χ3v) is 3.12. The van der Waals surface area contributed by atoms with Gasteiger partial charge in [-0.15, -0.1) is 0 Å². The molecule has 0 aliphatic carbocycles. The Hall–Kier alpha value is -3.55. The van der Waals surface area contributed by atoms with Crippen LogP contribution in [0.2, 0.25) is 0 Å². The first-order chi connectivity index (χ1) is 13.1. The summed E-state index contributed by atoms with van der Waals surface area (Å²) in [5.74, 6) is -1.67. The Balaban J connectivity index is 1.89. The van der Waals surface area contributed by atoms with Gasteiger partial charge in [0.15, 0.2) is 0 Å². The van der Waals surface area contributed by atoms with Crippen LogP contribution in [0.1, 0.15) is 34.1 Å². The zero-order valence-electron chi connectivity index (χ0n) is 14.6. The molecule has 0 radical (unpaired) electrons. The van der Waals surface area contributed by atoms with Crippen LogP contribution < -0.4 is 4.74 Å². The molecule has 8 nitrogen and oxygen atoms in total. The molecule has 27 heavy (non-hydrogen) atoms. The molecular weight excluding hydrogens is 356 g/mol. The summed E-state index contributed by atoms with van der Waals surface area (Å²) in [7, 11) is 0. The van der Waals surface area contributed by atoms with Crippen molar-refractivity contribution in [1.82, 2.24) is 0 Å². The molecule has 0 saturated heterocycles. The second-order valence-corrected chi connectivity index (χ2v) is 5.11. The predicted octanol–water partition coefficient (Wildman–Crippen LogP) is 3.51. The van der Waals surface area contributed by atoms with Crippen molar-refractivity contribution in [3.05, 3.63) is 65.7 Å². The molecule has 2 aromatic rings. The largest absolute Gasteiger partial charge is 0.511 e. The fourth-order valence-electron chi connectivity index (χ4n) is 1.87. The van der Waals surface area contributed by atoms with Crippen molar-refractivity contribution in [2.45, 2.75) is 13.3 Å². The van der Waals surface area contributed by atoms with E-state index in [0.29, 0.717) is 6.42 Å². The molecule has 0 bridgehead atoms. The number of para-hydroxylation sites is 1. The normalized spacial score (nSPS) is 9.81. The minimum atomic E-state index is -0.941. The van der Waals surface area contributed by atoms with Crippen LogP contribution in [0.15, 0.2) is 54.6 Å². The second-order valence-electron chi connectivity index (χ2n) is 5.11. The first-order valence-corrected chi connectivity index (χ1v) is 8.11. The maximum Gasteiger partial charge on any atom is 0.511 e. The molecule has 0 aliphatic heterocycles. The van der Waals surface area contributed by atoms with Crippen LogP contribution in [0.5, 0.6) is 5.75 Å². The van der Waals surface area contributed by atoms with Crippen molar-refractivity contribution in [2.75, 3.05) is 13.4 Å². The number of hydrogen-bond acceptors (Lipinski definition) is 8. The van der Waals surface area contributed by atoms with E-state index in [1.807, 2.05) is 6.92 Å². The third-order valence-electron chi connectivity index (χ3n) is 3.12. The molecule has 2 rings (SSSR count). The van der Waals surface area contributed by atoms with Crippen LogP contribution in [0, 0.1) is 0 Å². The minimum absolute atomic E-state index is 0.0103. The number of ether oxygens (including phenoxy) is 3. The van der Waals surface area contributed by atoms with E-state index in [1.54, 1.807) is 30.3 Å². The van der Waals surface area contributed by atoms with Gasteiger partial charge >= 0.3 is 18.1 Å². The number of rotatable bonds is 7. The van der Waals surface area contributed by atoms with Crippen LogP contribution in [0.4, 0.5) is 4.79 Å². The van der Waals surface area contributed by atoms with Gasteiger partial charge in [0.1, 0.15) is 11.3 Å². The van der Waals surface area contributed by atoms with Gasteiger partial charge in [-0.05, 0) is 30.7 Å². The minimum Gasteiger partial charge on any atom is -0.456 e. The first-order valence-electron chi connectivity index (χ1n) is 8.11. The highest BCUT2D eigenvalue weighted by Gasteiger charge is 2.18. The highest BCUT2D eigenvalue weighted by Crippen LogP contribution is 2.19. The summed E-state index contributed by atoms with van der Waals surface area (Å²) in [5.41, 5.74) is 0.220. The monoisotopic (exact) mass is 374 g/mol. The van der Waals surface area contributed by atoms with E-state index in [0.717, 1.165) is 0 Å². The third kappa shape index (κ3) is 6.35. The quantitative estimate of drug-likeness (QED) is 0.314. The summed E-state index contributed by atoms with van der Waals surface area (Å²) in [6, 6.07) is 14.1. The van der Waals surface area contributed by atoms with Crippen molar-refractivity contribution in [1.29, 1.82) is 0 Å². The first kappa shape index (κ1) is 19.8. The van der Waals surface area contributed by atoms with Crippen molar-refractivity contribution in [3.8, 4) is 5.75 Å². The fraction of sp³-hybridized carbons (Fsp3) is 0.211. The Morgan fingerprint density at radius 3 is 2.22 bits per heavy atom. The van der Waals surface area contributed by atoms with Gasteiger partial charge in [-0.25, -0.2) is 24.2 Å². The van der Waals surface area contributed by atoms with E-state index in [9.17, 15) is 14.4 Å². The van der Waals surface area contributed by atoms with Gasteiger partial charge in [0.05, 0.1) is 12.2 Å². The Morgan fingerprint density at radius 1 is 0.815 bits per heavy atom. The molecule has 0 fully saturated rings. The van der Waals surface area contributed by atoms with E-state index in [2.05, 4.69) is 9.78 Å². The lowest BCUT2D eigenvalue weighted by Crippen LogP contribution is -2.15. The van der Waals surface area contributed by atoms with Crippen molar-refractivity contribution in [2.24, 2.45) is 0 Å². The smallest absolute Gasteiger partial charge is 0.456 e. The molecular formula is C19H18O8. The van der Waals surface area contributed by atoms with Gasteiger partial charge < -0.3 is 14.2 Å². The summed E-state index contributed by atoms with van der Waals surface area (Å²) in [4.78, 5) is 44.3. The summed E-state index contributed by atoms with van der Waals surface area (Å²) in [6.07, 6.45) is -0.222. The number of hydrogen-bond donors (Lipinski definition) is 0. The van der Waals surface area contributed by atoms with Crippen molar-refractivity contribution < 1.29 is 38.4 Å². The lowest BCUT2D eigenvalue weighted by molar-refractivity contribution is -0.187. The van der Waals surface area contributed by atoms with Crippen LogP contribution in [0.25, 0.3) is 0 Å². The summed E-state index contributed by atoms with van der Waals surface area (Å²) < 4.78 is 14.7. The molecule has 0 aliphatic rings. The van der Waals surface area contributed by atoms with Crippen LogP contribution in [-0.2, 0) is 19.2 Å². The van der Waals surface area contributed by atoms with Gasteiger partial charge in [0.2, 0.25) is 6.79 Å². The van der Waals surface area contributed by atoms with E-state index >= 15 is 0 Å². The Bertz CT molecular complexity index is 772. The zero-order valence-corrected chi connectivity index (χ0v) is 14.6. The van der Waals surface area contributed by atoms with Gasteiger partial charge in [-0.1, -0.05) is 37.3 Å². The Labute approximate surface area is 155 Å². The predicted molar refractivity (Wildman–Crippen MR) is 91.9 cm³/mol. The van der Waals surface area contributed by atoms with E-state index in [4.69, 9.17) is 14.2 Å². The van der Waals surface area contributed by atoms with Gasteiger partial charge in [0.25, 0.3) is 0 Å². The fourth-order valence-corrected chi connectivity index (χ4v) is 1.87. The van der Waals surface area contributed by atoms with Gasteiger partial charge in [0, 0.05) is 0 Å². The molecule has 0 atom stereocenters. The van der Waals surface area contributed by atoms with Crippen LogP contribution >= 0.6 is 0 Å². The molecule has 0 N–H and O–H groups in total. The molecule has 0 amide bonds. The molecule has 142 valence electrons.